The molecule has 1 N–H and O–H groups in total. The van der Waals surface area contributed by atoms with Crippen molar-refractivity contribution in [1.82, 2.24) is 14.9 Å². The highest BCUT2D eigenvalue weighted by atomic mass is 19.1. The second kappa shape index (κ2) is 8.23. The lowest BCUT2D eigenvalue weighted by molar-refractivity contribution is 0.407. The summed E-state index contributed by atoms with van der Waals surface area (Å²) in [4.78, 5) is 4.80. The largest absolute Gasteiger partial charge is 0.496 e. The molecular weight excluding hydrogens is 353 g/mol. The minimum absolute atomic E-state index is 0.224. The van der Waals surface area contributed by atoms with E-state index in [0.717, 1.165) is 33.7 Å². The molecule has 142 valence electrons. The average molecular weight is 375 g/mol. The molecule has 0 saturated heterocycles. The van der Waals surface area contributed by atoms with Crippen LogP contribution in [-0.2, 0) is 19.6 Å². The summed E-state index contributed by atoms with van der Waals surface area (Å²) in [6.07, 6.45) is 0. The third-order valence-electron chi connectivity index (χ3n) is 4.78. The van der Waals surface area contributed by atoms with Crippen molar-refractivity contribution in [2.45, 2.75) is 19.6 Å². The molecule has 0 spiro atoms. The Hall–Kier alpha value is -3.18. The molecule has 0 aliphatic heterocycles. The van der Waals surface area contributed by atoms with Crippen molar-refractivity contribution in [1.29, 1.82) is 0 Å². The predicted octanol–water partition coefficient (Wildman–Crippen LogP) is 4.52. The number of rotatable bonds is 7. The number of para-hydroxylation sites is 3. The molecule has 5 heteroatoms. The number of halogens is 1. The molecule has 0 radical (unpaired) electrons. The fourth-order valence-electron chi connectivity index (χ4n) is 3.37. The van der Waals surface area contributed by atoms with Gasteiger partial charge >= 0.3 is 0 Å². The van der Waals surface area contributed by atoms with E-state index in [1.807, 2.05) is 54.6 Å². The van der Waals surface area contributed by atoms with Crippen molar-refractivity contribution in [2.24, 2.45) is 0 Å². The third kappa shape index (κ3) is 3.89. The zero-order valence-corrected chi connectivity index (χ0v) is 15.7. The van der Waals surface area contributed by atoms with Gasteiger partial charge in [0.15, 0.2) is 0 Å². The molecule has 0 unspecified atom stereocenters. The van der Waals surface area contributed by atoms with Crippen LogP contribution in [0.5, 0.6) is 5.75 Å². The Morgan fingerprint density at radius 3 is 2.50 bits per heavy atom. The second-order valence-corrected chi connectivity index (χ2v) is 6.64. The molecule has 0 aliphatic rings. The SMILES string of the molecule is COc1ccccc1CNCc1nc2ccccc2n1Cc1ccc(F)cc1. The molecule has 4 rings (SSSR count). The van der Waals surface area contributed by atoms with Crippen LogP contribution in [0, 0.1) is 5.82 Å². The quantitative estimate of drug-likeness (QED) is 0.516. The Balaban J connectivity index is 1.56. The zero-order valence-electron chi connectivity index (χ0n) is 15.7. The van der Waals surface area contributed by atoms with Crippen LogP contribution in [-0.4, -0.2) is 16.7 Å². The van der Waals surface area contributed by atoms with E-state index in [0.29, 0.717) is 19.6 Å². The van der Waals surface area contributed by atoms with Gasteiger partial charge in [-0.05, 0) is 35.9 Å². The van der Waals surface area contributed by atoms with Gasteiger partial charge in [-0.1, -0.05) is 42.5 Å². The summed E-state index contributed by atoms with van der Waals surface area (Å²) in [6, 6.07) is 22.7. The number of aromatic nitrogens is 2. The monoisotopic (exact) mass is 375 g/mol. The van der Waals surface area contributed by atoms with Gasteiger partial charge in [0.25, 0.3) is 0 Å². The first-order valence-corrected chi connectivity index (χ1v) is 9.26. The van der Waals surface area contributed by atoms with Crippen LogP contribution in [0.2, 0.25) is 0 Å². The van der Waals surface area contributed by atoms with Gasteiger partial charge in [0.1, 0.15) is 17.4 Å². The Morgan fingerprint density at radius 2 is 1.68 bits per heavy atom. The fourth-order valence-corrected chi connectivity index (χ4v) is 3.37. The van der Waals surface area contributed by atoms with Crippen molar-refractivity contribution in [3.05, 3.63) is 95.6 Å². The van der Waals surface area contributed by atoms with Gasteiger partial charge in [-0.15, -0.1) is 0 Å². The van der Waals surface area contributed by atoms with Gasteiger partial charge in [-0.3, -0.25) is 0 Å². The normalized spacial score (nSPS) is 11.1. The van der Waals surface area contributed by atoms with Crippen LogP contribution < -0.4 is 10.1 Å². The summed E-state index contributed by atoms with van der Waals surface area (Å²) in [5, 5.41) is 3.47. The molecule has 28 heavy (non-hydrogen) atoms. The highest BCUT2D eigenvalue weighted by Gasteiger charge is 2.11. The molecule has 4 aromatic rings. The number of hydrogen-bond acceptors (Lipinski definition) is 3. The lowest BCUT2D eigenvalue weighted by Gasteiger charge is -2.12. The van der Waals surface area contributed by atoms with Crippen LogP contribution in [0.15, 0.2) is 72.8 Å². The molecule has 1 aromatic heterocycles. The highest BCUT2D eigenvalue weighted by molar-refractivity contribution is 5.76. The Kier molecular flexibility index (Phi) is 5.35. The van der Waals surface area contributed by atoms with Crippen molar-refractivity contribution in [2.75, 3.05) is 7.11 Å². The van der Waals surface area contributed by atoms with Crippen LogP contribution >= 0.6 is 0 Å². The van der Waals surface area contributed by atoms with E-state index >= 15 is 0 Å². The molecule has 1 heterocycles. The van der Waals surface area contributed by atoms with Gasteiger partial charge in [0, 0.05) is 18.7 Å². The van der Waals surface area contributed by atoms with Crippen molar-refractivity contribution >= 4 is 11.0 Å². The summed E-state index contributed by atoms with van der Waals surface area (Å²) >= 11 is 0. The lowest BCUT2D eigenvalue weighted by Crippen LogP contribution is -2.17. The van der Waals surface area contributed by atoms with E-state index in [1.54, 1.807) is 7.11 Å². The number of benzene rings is 3. The summed E-state index contributed by atoms with van der Waals surface area (Å²) in [5.41, 5.74) is 4.17. The molecule has 0 aliphatic carbocycles. The van der Waals surface area contributed by atoms with Crippen LogP contribution in [0.3, 0.4) is 0 Å². The molecule has 3 aromatic carbocycles. The number of nitrogens with one attached hydrogen (secondary N) is 1. The third-order valence-corrected chi connectivity index (χ3v) is 4.78. The maximum atomic E-state index is 13.2. The maximum absolute atomic E-state index is 13.2. The summed E-state index contributed by atoms with van der Waals surface area (Å²) in [6.45, 7) is 1.95. The van der Waals surface area contributed by atoms with Gasteiger partial charge in [-0.2, -0.15) is 0 Å². The zero-order chi connectivity index (χ0) is 19.3. The van der Waals surface area contributed by atoms with Gasteiger partial charge < -0.3 is 14.6 Å². The number of hydrogen-bond donors (Lipinski definition) is 1. The van der Waals surface area contributed by atoms with E-state index < -0.39 is 0 Å². The molecule has 0 fully saturated rings. The minimum Gasteiger partial charge on any atom is -0.496 e. The molecule has 0 bridgehead atoms. The molecule has 0 amide bonds. The van der Waals surface area contributed by atoms with E-state index in [1.165, 1.54) is 12.1 Å². The first kappa shape index (κ1) is 18.2. The first-order chi connectivity index (χ1) is 13.7. The molecule has 0 saturated carbocycles. The van der Waals surface area contributed by atoms with E-state index in [9.17, 15) is 4.39 Å². The number of nitrogens with zero attached hydrogens (tertiary/aromatic N) is 2. The van der Waals surface area contributed by atoms with E-state index in [-0.39, 0.29) is 5.82 Å². The Labute approximate surface area is 163 Å². The smallest absolute Gasteiger partial charge is 0.124 e. The highest BCUT2D eigenvalue weighted by Crippen LogP contribution is 2.20. The van der Waals surface area contributed by atoms with E-state index in [2.05, 4.69) is 16.0 Å². The van der Waals surface area contributed by atoms with Gasteiger partial charge in [0.2, 0.25) is 0 Å². The number of fused-ring (bicyclic) bond motifs is 1. The van der Waals surface area contributed by atoms with Crippen molar-refractivity contribution in [3.8, 4) is 5.75 Å². The fraction of sp³-hybridized carbons (Fsp3) is 0.174. The predicted molar refractivity (Wildman–Crippen MR) is 109 cm³/mol. The number of ether oxygens (including phenoxy) is 1. The Bertz CT molecular complexity index is 1070. The molecule has 4 nitrogen and oxygen atoms in total. The van der Waals surface area contributed by atoms with Crippen molar-refractivity contribution < 1.29 is 9.13 Å². The van der Waals surface area contributed by atoms with Crippen molar-refractivity contribution in [3.63, 3.8) is 0 Å². The summed E-state index contributed by atoms with van der Waals surface area (Å²) in [5.74, 6) is 1.59. The number of methoxy groups -OCH3 is 1. The Morgan fingerprint density at radius 1 is 0.929 bits per heavy atom. The van der Waals surface area contributed by atoms with Crippen LogP contribution in [0.4, 0.5) is 4.39 Å². The van der Waals surface area contributed by atoms with E-state index in [4.69, 9.17) is 9.72 Å². The van der Waals surface area contributed by atoms with Crippen LogP contribution in [0.1, 0.15) is 17.0 Å². The second-order valence-electron chi connectivity index (χ2n) is 6.64. The van der Waals surface area contributed by atoms with Gasteiger partial charge in [0.05, 0.1) is 24.7 Å². The summed E-state index contributed by atoms with van der Waals surface area (Å²) in [7, 11) is 1.68. The number of imidazole rings is 1. The standard InChI is InChI=1S/C23H22FN3O/c1-28-22-9-5-2-6-18(22)14-25-15-23-26-20-7-3-4-8-21(20)27(23)16-17-10-12-19(24)13-11-17/h2-13,25H,14-16H2,1H3. The lowest BCUT2D eigenvalue weighted by atomic mass is 10.2. The minimum atomic E-state index is -0.224. The van der Waals surface area contributed by atoms with Gasteiger partial charge in [-0.25, -0.2) is 9.37 Å². The molecule has 0 atom stereocenters. The average Bonchev–Trinajstić information content (AvgIpc) is 3.07. The topological polar surface area (TPSA) is 39.1 Å². The summed E-state index contributed by atoms with van der Waals surface area (Å²) < 4.78 is 20.8. The first-order valence-electron chi connectivity index (χ1n) is 9.26. The maximum Gasteiger partial charge on any atom is 0.124 e. The van der Waals surface area contributed by atoms with Crippen LogP contribution in [0.25, 0.3) is 11.0 Å². The molecular formula is C23H22FN3O.